The second-order valence-corrected chi connectivity index (χ2v) is 19.7. The van der Waals surface area contributed by atoms with E-state index in [1.165, 1.54) is 87.9 Å². The summed E-state index contributed by atoms with van der Waals surface area (Å²) in [6, 6.07) is 42.4. The first-order valence-electron chi connectivity index (χ1n) is 19.0. The van der Waals surface area contributed by atoms with Crippen molar-refractivity contribution in [2.45, 2.75) is 38.5 Å². The Labute approximate surface area is 310 Å². The van der Waals surface area contributed by atoms with Crippen molar-refractivity contribution < 1.29 is 0 Å². The first-order valence-corrected chi connectivity index (χ1v) is 22.0. The van der Waals surface area contributed by atoms with Crippen LogP contribution in [-0.4, -0.2) is 28.7 Å². The lowest BCUT2D eigenvalue weighted by Crippen LogP contribution is -2.48. The van der Waals surface area contributed by atoms with Gasteiger partial charge in [-0.3, -0.25) is 4.99 Å². The van der Waals surface area contributed by atoms with Crippen LogP contribution in [0.15, 0.2) is 168 Å². The highest BCUT2D eigenvalue weighted by molar-refractivity contribution is 7.20. The number of benzene rings is 5. The molecule has 0 radical (unpaired) electrons. The molecule has 2 unspecified atom stereocenters. The number of nitrogens with zero attached hydrogens (tertiary/aromatic N) is 3. The van der Waals surface area contributed by atoms with Gasteiger partial charge < -0.3 is 14.5 Å². The molecule has 5 aromatic carbocycles. The zero-order chi connectivity index (χ0) is 35.3. The van der Waals surface area contributed by atoms with Gasteiger partial charge in [0.1, 0.15) is 14.2 Å². The molecule has 11 rings (SSSR count). The summed E-state index contributed by atoms with van der Waals surface area (Å²) < 4.78 is 4.99. The summed E-state index contributed by atoms with van der Waals surface area (Å²) in [7, 11) is -1.96. The molecule has 2 aliphatic carbocycles. The van der Waals surface area contributed by atoms with Crippen LogP contribution in [0, 0.1) is 5.92 Å². The van der Waals surface area contributed by atoms with Crippen LogP contribution in [0.4, 0.5) is 0 Å². The summed E-state index contributed by atoms with van der Waals surface area (Å²) in [5, 5.41) is 12.1. The van der Waals surface area contributed by atoms with Crippen LogP contribution in [0.5, 0.6) is 0 Å². The summed E-state index contributed by atoms with van der Waals surface area (Å²) >= 11 is 0. The van der Waals surface area contributed by atoms with Crippen molar-refractivity contribution >= 4 is 73.5 Å². The van der Waals surface area contributed by atoms with Gasteiger partial charge in [-0.15, -0.1) is 0 Å². The first-order chi connectivity index (χ1) is 26.1. The number of nitrogens with one attached hydrogen (secondary N) is 1. The van der Waals surface area contributed by atoms with E-state index >= 15 is 0 Å². The molecule has 2 atom stereocenters. The minimum absolute atomic E-state index is 0.0544. The van der Waals surface area contributed by atoms with E-state index in [1.54, 1.807) is 0 Å². The average molecular weight is 701 g/mol. The standard InChI is InChI=1S/C48H40N4Si/c1-53(2)42-24-14-11-21-38(42)44-45(31-15-5-3-6-16-31)49-47(50-48(44)53)32-25-27-34(28-26-32)51-40-23-13-10-20-37(40)43-41(51)30-29-36-35-19-9-12-22-39(35)52(46(36)43)33-17-7-4-8-18-33/h3-15,17-25,27,29-31,47,49H,16,26,28H2,1-2H3. The fourth-order valence-electron chi connectivity index (χ4n) is 9.68. The molecule has 4 aliphatic rings. The average Bonchev–Trinajstić information content (AvgIpc) is 3.82. The van der Waals surface area contributed by atoms with Gasteiger partial charge in [-0.05, 0) is 72.0 Å². The number of aliphatic imine (C=N–C) groups is 1. The third-order valence-electron chi connectivity index (χ3n) is 12.2. The summed E-state index contributed by atoms with van der Waals surface area (Å²) in [5.74, 6) is 0.329. The summed E-state index contributed by atoms with van der Waals surface area (Å²) in [4.78, 5) is 5.62. The predicted octanol–water partition coefficient (Wildman–Crippen LogP) is 10.8. The minimum Gasteiger partial charge on any atom is -0.363 e. The van der Waals surface area contributed by atoms with Crippen LogP contribution in [0.1, 0.15) is 24.8 Å². The van der Waals surface area contributed by atoms with E-state index in [4.69, 9.17) is 4.99 Å². The SMILES string of the molecule is C[Si]1(C)C2=NC(C3=CC=C(n4c5ccccc5c5c4ccc4c6ccccc6n(-c6ccccc6)c45)CC3)NC(C3C=CC=CC3)=C2c2ccccc21. The van der Waals surface area contributed by atoms with Crippen LogP contribution in [0.3, 0.4) is 0 Å². The molecule has 53 heavy (non-hydrogen) atoms. The quantitative estimate of drug-likeness (QED) is 0.182. The maximum atomic E-state index is 5.62. The van der Waals surface area contributed by atoms with E-state index in [-0.39, 0.29) is 6.17 Å². The van der Waals surface area contributed by atoms with Crippen LogP contribution in [0.25, 0.3) is 60.6 Å². The molecule has 5 heteroatoms. The molecule has 2 aliphatic heterocycles. The van der Waals surface area contributed by atoms with E-state index in [0.717, 1.165) is 19.3 Å². The second-order valence-electron chi connectivity index (χ2n) is 15.4. The number of hydrogen-bond donors (Lipinski definition) is 1. The van der Waals surface area contributed by atoms with Gasteiger partial charge in [0.25, 0.3) is 0 Å². The Morgan fingerprint density at radius 2 is 1.43 bits per heavy atom. The minimum atomic E-state index is -1.96. The normalized spacial score (nSPS) is 20.5. The van der Waals surface area contributed by atoms with Gasteiger partial charge in [0.2, 0.25) is 0 Å². The van der Waals surface area contributed by atoms with Crippen LogP contribution < -0.4 is 10.5 Å². The lowest BCUT2D eigenvalue weighted by Gasteiger charge is -2.34. The molecule has 1 N–H and O–H groups in total. The van der Waals surface area contributed by atoms with E-state index < -0.39 is 8.07 Å². The lowest BCUT2D eigenvalue weighted by molar-refractivity contribution is 0.576. The monoisotopic (exact) mass is 700 g/mol. The van der Waals surface area contributed by atoms with Crippen LogP contribution in [-0.2, 0) is 0 Å². The van der Waals surface area contributed by atoms with Crippen molar-refractivity contribution in [1.82, 2.24) is 14.5 Å². The molecule has 7 aromatic rings. The van der Waals surface area contributed by atoms with E-state index in [9.17, 15) is 0 Å². The largest absolute Gasteiger partial charge is 0.363 e. The zero-order valence-corrected chi connectivity index (χ0v) is 31.1. The Hall–Kier alpha value is -5.91. The number of aromatic nitrogens is 2. The zero-order valence-electron chi connectivity index (χ0n) is 30.1. The maximum Gasteiger partial charge on any atom is 0.140 e. The topological polar surface area (TPSA) is 34.2 Å². The van der Waals surface area contributed by atoms with Crippen molar-refractivity contribution in [1.29, 1.82) is 0 Å². The molecule has 0 amide bonds. The van der Waals surface area contributed by atoms with Crippen molar-refractivity contribution in [2.24, 2.45) is 10.9 Å². The molecular weight excluding hydrogens is 661 g/mol. The highest BCUT2D eigenvalue weighted by Crippen LogP contribution is 2.44. The maximum absolute atomic E-state index is 5.62. The number of hydrogen-bond acceptors (Lipinski definition) is 2. The molecule has 0 fully saturated rings. The Morgan fingerprint density at radius 1 is 0.679 bits per heavy atom. The molecule has 0 saturated carbocycles. The lowest BCUT2D eigenvalue weighted by atomic mass is 9.89. The molecule has 4 heterocycles. The van der Waals surface area contributed by atoms with Crippen molar-refractivity contribution in [3.05, 3.63) is 169 Å². The highest BCUT2D eigenvalue weighted by Gasteiger charge is 2.46. The summed E-state index contributed by atoms with van der Waals surface area (Å²) in [6.45, 7) is 4.97. The fourth-order valence-corrected chi connectivity index (χ4v) is 12.7. The van der Waals surface area contributed by atoms with Gasteiger partial charge in [0.15, 0.2) is 0 Å². The Kier molecular flexibility index (Phi) is 6.68. The van der Waals surface area contributed by atoms with Crippen molar-refractivity contribution in [2.75, 3.05) is 0 Å². The van der Waals surface area contributed by atoms with Crippen LogP contribution >= 0.6 is 0 Å². The summed E-state index contributed by atoms with van der Waals surface area (Å²) in [6.07, 6.45) is 16.7. The molecule has 0 saturated heterocycles. The molecule has 4 nitrogen and oxygen atoms in total. The van der Waals surface area contributed by atoms with Crippen LogP contribution in [0.2, 0.25) is 13.1 Å². The molecule has 256 valence electrons. The predicted molar refractivity (Wildman–Crippen MR) is 227 cm³/mol. The Morgan fingerprint density at radius 3 is 2.23 bits per heavy atom. The van der Waals surface area contributed by atoms with Gasteiger partial charge in [-0.1, -0.05) is 128 Å². The summed E-state index contributed by atoms with van der Waals surface area (Å²) in [5.41, 5.74) is 13.0. The van der Waals surface area contributed by atoms with Crippen molar-refractivity contribution in [3.8, 4) is 5.69 Å². The first kappa shape index (κ1) is 30.7. The van der Waals surface area contributed by atoms with Gasteiger partial charge in [-0.25, -0.2) is 0 Å². The highest BCUT2D eigenvalue weighted by atomic mass is 28.3. The van der Waals surface area contributed by atoms with Gasteiger partial charge in [0, 0.05) is 55.5 Å². The molecular formula is C48H40N4Si. The number of para-hydroxylation sites is 3. The number of fused-ring (bicyclic) bond motifs is 10. The Bertz CT molecular complexity index is 2870. The van der Waals surface area contributed by atoms with Crippen molar-refractivity contribution in [3.63, 3.8) is 0 Å². The van der Waals surface area contributed by atoms with E-state index in [2.05, 4.69) is 179 Å². The fraction of sp³-hybridized carbons (Fsp3) is 0.146. The smallest absolute Gasteiger partial charge is 0.140 e. The second kappa shape index (κ2) is 11.5. The molecule has 2 aromatic heterocycles. The third-order valence-corrected chi connectivity index (χ3v) is 15.5. The number of rotatable bonds is 4. The molecule has 0 bridgehead atoms. The van der Waals surface area contributed by atoms with E-state index in [0.29, 0.717) is 5.92 Å². The van der Waals surface area contributed by atoms with Gasteiger partial charge >= 0.3 is 0 Å². The Balaban J connectivity index is 1.06. The number of allylic oxidation sites excluding steroid dienone is 8. The van der Waals surface area contributed by atoms with Gasteiger partial charge in [0.05, 0.1) is 22.1 Å². The third kappa shape index (κ3) is 4.44. The van der Waals surface area contributed by atoms with Gasteiger partial charge in [-0.2, -0.15) is 0 Å². The molecule has 0 spiro atoms. The van der Waals surface area contributed by atoms with E-state index in [1.807, 2.05) is 0 Å².